The van der Waals surface area contributed by atoms with Crippen LogP contribution in [0.25, 0.3) is 271 Å². The van der Waals surface area contributed by atoms with Crippen LogP contribution in [0.3, 0.4) is 0 Å². The molecule has 0 N–H and O–H groups in total. The van der Waals surface area contributed by atoms with Gasteiger partial charge in [-0.2, -0.15) is 0 Å². The summed E-state index contributed by atoms with van der Waals surface area (Å²) in [4.78, 5) is 36.3. The highest BCUT2D eigenvalue weighted by Crippen LogP contribution is 2.45. The molecule has 0 amide bonds. The summed E-state index contributed by atoms with van der Waals surface area (Å²) in [6.45, 7) is 0. The summed E-state index contributed by atoms with van der Waals surface area (Å²) in [5, 5.41) is 13.0. The first-order valence-electron chi connectivity index (χ1n) is 49.1. The lowest BCUT2D eigenvalue weighted by molar-refractivity contribution is 1.06. The van der Waals surface area contributed by atoms with E-state index in [0.29, 0.717) is 0 Å². The van der Waals surface area contributed by atoms with Gasteiger partial charge in [0, 0.05) is 33.1 Å². The van der Waals surface area contributed by atoms with Crippen LogP contribution in [-0.2, 0) is 0 Å². The Kier molecular flexibility index (Phi) is 21.0. The van der Waals surface area contributed by atoms with Crippen LogP contribution < -0.4 is 0 Å². The monoisotopic (exact) mass is 1850 g/mol. The SMILES string of the molecule is c1ccc(-c2cc(-c3ccc4ccccc4c3)cc(-c3ccc4c(c3)c3nc5ccccc5nc3n4-c3ccc4ccccc4c3)c2)cc1.c1ccc(-c2cc(-c3ccc4ccccc4c3)cc(-c3ccc4c(c3)c3nc5ccccc5nc3n4-c3cccc(-c4ccccc4)n3)c2)cc1.c1ccc(-c2cc(-c3ccc4ccccc4c3)cc(-c3ccc4c(c3)c3nc5ccccc5nc3n4-c3ccccc3)c2)cc1. The Morgan fingerprint density at radius 3 is 0.738 bits per heavy atom. The van der Waals surface area contributed by atoms with Crippen molar-refractivity contribution < 1.29 is 0 Å². The lowest BCUT2D eigenvalue weighted by atomic mass is 9.92. The Bertz CT molecular complexity index is 10200. The van der Waals surface area contributed by atoms with Crippen molar-refractivity contribution in [2.45, 2.75) is 0 Å². The van der Waals surface area contributed by atoms with E-state index in [1.54, 1.807) is 0 Å². The van der Waals surface area contributed by atoms with E-state index in [1.165, 1.54) is 110 Å². The van der Waals surface area contributed by atoms with E-state index in [0.717, 1.165) is 161 Å². The van der Waals surface area contributed by atoms with Crippen molar-refractivity contribution in [3.8, 4) is 129 Å². The number of fused-ring (bicyclic) bond motifs is 16. The summed E-state index contributed by atoms with van der Waals surface area (Å²) < 4.78 is 6.65. The first kappa shape index (κ1) is 84.7. The molecule has 0 fully saturated rings. The second-order valence-corrected chi connectivity index (χ2v) is 37.2. The highest BCUT2D eigenvalue weighted by Gasteiger charge is 2.25. The standard InChI is InChI=1S/C47H30N4.C46H29N3.C42H27N3/c1-3-12-31(13-4-1)37-27-38(35-23-22-32-14-7-8-17-34(32)26-35)29-39(28-37)36-24-25-44-40(30-36)46-47(50-43-19-10-9-18-42(43)49-46)51(44)45-21-11-20-41(48-45)33-15-5-2-6-16-33;1-2-10-30(11-3-1)37-25-38(35-19-18-31-12-4-6-14-33(31)24-35)27-39(26-37)36-21-23-44-41(29-36)45-46(48-43-17-9-8-16-42(43)47-45)49(44)40-22-20-32-13-5-7-15-34(32)28-40;1-3-11-28(12-4-1)33-24-34(31-20-19-29-13-7-8-14-30(29)23-31)26-35(25-33)32-21-22-40-37(27-32)41-42(45(40)36-15-5-2-6-16-36)44-39-18-10-9-17-38(39)43-41/h1-30H;1-29H;1-27H. The molecule has 0 aliphatic carbocycles. The van der Waals surface area contributed by atoms with Crippen LogP contribution in [0.1, 0.15) is 0 Å². The van der Waals surface area contributed by atoms with E-state index in [1.807, 2.05) is 97.1 Å². The van der Waals surface area contributed by atoms with Crippen molar-refractivity contribution in [1.29, 1.82) is 0 Å². The van der Waals surface area contributed by atoms with Crippen molar-refractivity contribution in [1.82, 2.24) is 48.6 Å². The van der Waals surface area contributed by atoms with E-state index in [9.17, 15) is 0 Å². The number of pyridine rings is 1. The van der Waals surface area contributed by atoms with E-state index < -0.39 is 0 Å². The normalized spacial score (nSPS) is 11.6. The third-order valence-electron chi connectivity index (χ3n) is 28.2. The number of hydrogen-bond acceptors (Lipinski definition) is 7. The van der Waals surface area contributed by atoms with Gasteiger partial charge in [-0.1, -0.05) is 340 Å². The smallest absolute Gasteiger partial charge is 0.166 e. The van der Waals surface area contributed by atoms with Gasteiger partial charge in [-0.25, -0.2) is 34.9 Å². The summed E-state index contributed by atoms with van der Waals surface area (Å²) in [5.41, 5.74) is 38.8. The van der Waals surface area contributed by atoms with Gasteiger partial charge in [0.2, 0.25) is 0 Å². The largest absolute Gasteiger partial charge is 0.293 e. The Labute approximate surface area is 835 Å². The summed E-state index contributed by atoms with van der Waals surface area (Å²) in [5.74, 6) is 0.804. The molecule has 0 spiro atoms. The molecule has 10 heteroatoms. The minimum absolute atomic E-state index is 0.786. The van der Waals surface area contributed by atoms with E-state index in [2.05, 4.69) is 438 Å². The molecular formula is C135H86N10. The lowest BCUT2D eigenvalue weighted by Gasteiger charge is -2.13. The van der Waals surface area contributed by atoms with Gasteiger partial charge >= 0.3 is 0 Å². The number of para-hydroxylation sites is 7. The molecule has 0 aliphatic heterocycles. The van der Waals surface area contributed by atoms with Crippen molar-refractivity contribution in [2.75, 3.05) is 0 Å². The molecule has 29 rings (SSSR count). The number of nitrogens with zero attached hydrogens (tertiary/aromatic N) is 10. The molecule has 29 aromatic rings. The second kappa shape index (κ2) is 36.0. The topological polar surface area (TPSA) is 105 Å². The van der Waals surface area contributed by atoms with Crippen LogP contribution in [0.5, 0.6) is 0 Å². The molecule has 0 saturated carbocycles. The predicted octanol–water partition coefficient (Wildman–Crippen LogP) is 34.9. The van der Waals surface area contributed by atoms with Crippen molar-refractivity contribution in [3.05, 3.63) is 522 Å². The third kappa shape index (κ3) is 15.9. The van der Waals surface area contributed by atoms with E-state index in [-0.39, 0.29) is 0 Å². The van der Waals surface area contributed by atoms with Gasteiger partial charge in [-0.3, -0.25) is 13.7 Å². The minimum Gasteiger partial charge on any atom is -0.293 e. The van der Waals surface area contributed by atoms with Gasteiger partial charge in [0.1, 0.15) is 22.4 Å². The predicted molar refractivity (Wildman–Crippen MR) is 604 cm³/mol. The van der Waals surface area contributed by atoms with Gasteiger partial charge in [-0.05, 0) is 325 Å². The first-order valence-corrected chi connectivity index (χ1v) is 49.1. The molecule has 0 saturated heterocycles. The van der Waals surface area contributed by atoms with Crippen LogP contribution in [-0.4, -0.2) is 48.6 Å². The zero-order valence-corrected chi connectivity index (χ0v) is 78.6. The molecule has 7 aromatic heterocycles. The van der Waals surface area contributed by atoms with Gasteiger partial charge in [-0.15, -0.1) is 0 Å². The maximum Gasteiger partial charge on any atom is 0.166 e. The average molecular weight is 1850 g/mol. The highest BCUT2D eigenvalue weighted by atomic mass is 15.1. The van der Waals surface area contributed by atoms with Gasteiger partial charge in [0.25, 0.3) is 0 Å². The molecule has 0 aliphatic rings. The molecule has 7 heterocycles. The number of rotatable bonds is 13. The Morgan fingerprint density at radius 2 is 0.386 bits per heavy atom. The fourth-order valence-electron chi connectivity index (χ4n) is 21.0. The molecule has 22 aromatic carbocycles. The van der Waals surface area contributed by atoms with Crippen LogP contribution in [0.2, 0.25) is 0 Å². The molecule has 145 heavy (non-hydrogen) atoms. The fraction of sp³-hybridized carbons (Fsp3) is 0. The minimum atomic E-state index is 0.786. The Balaban J connectivity index is 0.000000108. The number of aromatic nitrogens is 10. The van der Waals surface area contributed by atoms with Crippen molar-refractivity contribution in [3.63, 3.8) is 0 Å². The van der Waals surface area contributed by atoms with E-state index in [4.69, 9.17) is 34.9 Å². The fourth-order valence-corrected chi connectivity index (χ4v) is 21.0. The van der Waals surface area contributed by atoms with Gasteiger partial charge in [0.15, 0.2) is 16.9 Å². The highest BCUT2D eigenvalue weighted by molar-refractivity contribution is 6.13. The summed E-state index contributed by atoms with van der Waals surface area (Å²) in [6.07, 6.45) is 0. The summed E-state index contributed by atoms with van der Waals surface area (Å²) in [6, 6.07) is 185. The molecule has 10 nitrogen and oxygen atoms in total. The third-order valence-corrected chi connectivity index (χ3v) is 28.2. The quantitative estimate of drug-likeness (QED) is 0.113. The number of benzene rings is 22. The molecule has 0 bridgehead atoms. The Hall–Kier alpha value is -19.6. The van der Waals surface area contributed by atoms with Crippen LogP contribution in [0, 0.1) is 0 Å². The number of hydrogen-bond donors (Lipinski definition) is 0. The zero-order chi connectivity index (χ0) is 95.8. The van der Waals surface area contributed by atoms with Crippen molar-refractivity contribution in [2.24, 2.45) is 0 Å². The van der Waals surface area contributed by atoms with Crippen LogP contribution in [0.4, 0.5) is 0 Å². The van der Waals surface area contributed by atoms with E-state index >= 15 is 0 Å². The maximum atomic E-state index is 5.23. The molecule has 0 radical (unpaired) electrons. The lowest BCUT2D eigenvalue weighted by Crippen LogP contribution is -2.00. The zero-order valence-electron chi connectivity index (χ0n) is 78.6. The van der Waals surface area contributed by atoms with Crippen LogP contribution >= 0.6 is 0 Å². The Morgan fingerprint density at radius 1 is 0.131 bits per heavy atom. The molecule has 676 valence electrons. The van der Waals surface area contributed by atoms with Crippen molar-refractivity contribution >= 4 is 142 Å². The first-order chi connectivity index (χ1) is 71.8. The van der Waals surface area contributed by atoms with Gasteiger partial charge in [0.05, 0.1) is 55.3 Å². The molecule has 0 unspecified atom stereocenters. The summed E-state index contributed by atoms with van der Waals surface area (Å²) >= 11 is 0. The second-order valence-electron chi connectivity index (χ2n) is 37.2. The molecular weight excluding hydrogens is 1760 g/mol. The van der Waals surface area contributed by atoms with Crippen LogP contribution in [0.15, 0.2) is 522 Å². The molecule has 0 atom stereocenters. The summed E-state index contributed by atoms with van der Waals surface area (Å²) in [7, 11) is 0. The van der Waals surface area contributed by atoms with Gasteiger partial charge < -0.3 is 0 Å². The maximum absolute atomic E-state index is 5.23. The average Bonchev–Trinajstić information content (AvgIpc) is 1.58.